The van der Waals surface area contributed by atoms with Gasteiger partial charge in [0, 0.05) is 30.2 Å². The minimum Gasteiger partial charge on any atom is -0.497 e. The van der Waals surface area contributed by atoms with Gasteiger partial charge in [-0.15, -0.1) is 0 Å². The molecule has 0 fully saturated rings. The lowest BCUT2D eigenvalue weighted by Gasteiger charge is -2.52. The molecule has 2 heterocycles. The Bertz CT molecular complexity index is 1040. The van der Waals surface area contributed by atoms with Gasteiger partial charge in [-0.1, -0.05) is 36.4 Å². The third-order valence-corrected chi connectivity index (χ3v) is 6.22. The predicted octanol–water partition coefficient (Wildman–Crippen LogP) is 4.01. The minimum absolute atomic E-state index is 0.000272. The SMILES string of the molecule is COc1cc2c(c(OC)c1)[C@H]1C=Cc3ccccc3[C@]13C(C)=CC(=O)N3C2. The Balaban J connectivity index is 1.85. The molecule has 27 heavy (non-hydrogen) atoms. The molecule has 0 unspecified atom stereocenters. The molecule has 0 aromatic heterocycles. The summed E-state index contributed by atoms with van der Waals surface area (Å²) in [6, 6.07) is 12.3. The number of carbonyl (C=O) groups is 1. The first-order valence-electron chi connectivity index (χ1n) is 9.14. The van der Waals surface area contributed by atoms with E-state index in [2.05, 4.69) is 37.3 Å². The van der Waals surface area contributed by atoms with Crippen molar-refractivity contribution >= 4 is 12.0 Å². The first-order valence-corrected chi connectivity index (χ1v) is 9.14. The molecule has 0 radical (unpaired) electrons. The molecule has 0 bridgehead atoms. The summed E-state index contributed by atoms with van der Waals surface area (Å²) in [5.74, 6) is 1.62. The van der Waals surface area contributed by atoms with Gasteiger partial charge >= 0.3 is 0 Å². The van der Waals surface area contributed by atoms with Gasteiger partial charge in [-0.3, -0.25) is 4.79 Å². The van der Waals surface area contributed by atoms with E-state index in [-0.39, 0.29) is 11.8 Å². The molecule has 1 spiro atoms. The maximum Gasteiger partial charge on any atom is 0.247 e. The maximum atomic E-state index is 13.0. The second-order valence-corrected chi connectivity index (χ2v) is 7.34. The molecule has 0 N–H and O–H groups in total. The second-order valence-electron chi connectivity index (χ2n) is 7.34. The summed E-state index contributed by atoms with van der Waals surface area (Å²) in [5.41, 5.74) is 5.16. The molecule has 1 aliphatic carbocycles. The fourth-order valence-electron chi connectivity index (χ4n) is 5.13. The van der Waals surface area contributed by atoms with E-state index < -0.39 is 5.54 Å². The Morgan fingerprint density at radius 2 is 1.96 bits per heavy atom. The minimum atomic E-state index is -0.489. The molecule has 0 saturated carbocycles. The predicted molar refractivity (Wildman–Crippen MR) is 104 cm³/mol. The molecule has 0 saturated heterocycles. The van der Waals surface area contributed by atoms with E-state index in [1.807, 2.05) is 23.1 Å². The van der Waals surface area contributed by atoms with Gasteiger partial charge in [-0.2, -0.15) is 0 Å². The van der Waals surface area contributed by atoms with E-state index in [1.165, 1.54) is 5.56 Å². The van der Waals surface area contributed by atoms with Crippen LogP contribution in [0.25, 0.3) is 6.08 Å². The van der Waals surface area contributed by atoms with Gasteiger partial charge < -0.3 is 14.4 Å². The lowest BCUT2D eigenvalue weighted by Crippen LogP contribution is -2.53. The Kier molecular flexibility index (Phi) is 3.29. The second kappa shape index (κ2) is 5.49. The topological polar surface area (TPSA) is 38.8 Å². The van der Waals surface area contributed by atoms with Crippen molar-refractivity contribution in [1.29, 1.82) is 0 Å². The van der Waals surface area contributed by atoms with Crippen LogP contribution in [0.15, 0.2) is 54.1 Å². The van der Waals surface area contributed by atoms with Gasteiger partial charge in [-0.25, -0.2) is 0 Å². The highest BCUT2D eigenvalue weighted by molar-refractivity contribution is 5.95. The van der Waals surface area contributed by atoms with Crippen molar-refractivity contribution in [2.45, 2.75) is 24.9 Å². The number of carbonyl (C=O) groups excluding carboxylic acids is 1. The Hall–Kier alpha value is -3.01. The third kappa shape index (κ3) is 1.90. The lowest BCUT2D eigenvalue weighted by atomic mass is 9.63. The number of rotatable bonds is 2. The molecule has 4 heteroatoms. The summed E-state index contributed by atoms with van der Waals surface area (Å²) in [6.07, 6.45) is 6.18. The zero-order chi connectivity index (χ0) is 18.8. The van der Waals surface area contributed by atoms with E-state index in [4.69, 9.17) is 9.47 Å². The first-order chi connectivity index (χ1) is 13.1. The number of hydrogen-bond donors (Lipinski definition) is 0. The average molecular weight is 359 g/mol. The molecule has 2 aromatic carbocycles. The van der Waals surface area contributed by atoms with Crippen LogP contribution in [-0.2, 0) is 16.9 Å². The van der Waals surface area contributed by atoms with Crippen molar-refractivity contribution in [2.75, 3.05) is 14.2 Å². The zero-order valence-electron chi connectivity index (χ0n) is 15.7. The first kappa shape index (κ1) is 16.2. The van der Waals surface area contributed by atoms with Crippen molar-refractivity contribution in [2.24, 2.45) is 0 Å². The monoisotopic (exact) mass is 359 g/mol. The number of hydrogen-bond acceptors (Lipinski definition) is 3. The van der Waals surface area contributed by atoms with E-state index in [0.717, 1.165) is 33.8 Å². The quantitative estimate of drug-likeness (QED) is 0.813. The van der Waals surface area contributed by atoms with Crippen LogP contribution >= 0.6 is 0 Å². The molecule has 2 aromatic rings. The van der Waals surface area contributed by atoms with E-state index in [9.17, 15) is 4.79 Å². The molecule has 5 rings (SSSR count). The summed E-state index contributed by atoms with van der Waals surface area (Å²) in [7, 11) is 3.34. The summed E-state index contributed by atoms with van der Waals surface area (Å²) < 4.78 is 11.2. The van der Waals surface area contributed by atoms with Crippen LogP contribution in [0.2, 0.25) is 0 Å². The fourth-order valence-corrected chi connectivity index (χ4v) is 5.13. The highest BCUT2D eigenvalue weighted by Gasteiger charge is 2.57. The van der Waals surface area contributed by atoms with Crippen LogP contribution in [0.3, 0.4) is 0 Å². The lowest BCUT2D eigenvalue weighted by molar-refractivity contribution is -0.131. The van der Waals surface area contributed by atoms with Crippen LogP contribution in [0.4, 0.5) is 0 Å². The standard InChI is InChI=1S/C23H21NO3/c1-14-10-21(25)24-13-16-11-17(26-2)12-20(27-3)22(16)19-9-8-15-6-4-5-7-18(15)23(14,19)24/h4-12,19H,13H2,1-3H3/t19-,23-/m1/s1. The average Bonchev–Trinajstić information content (AvgIpc) is 2.95. The Labute approximate surface area is 158 Å². The van der Waals surface area contributed by atoms with E-state index in [1.54, 1.807) is 20.3 Å². The number of benzene rings is 2. The zero-order valence-corrected chi connectivity index (χ0v) is 15.7. The number of ether oxygens (including phenoxy) is 2. The smallest absolute Gasteiger partial charge is 0.247 e. The summed E-state index contributed by atoms with van der Waals surface area (Å²) in [6.45, 7) is 2.61. The summed E-state index contributed by atoms with van der Waals surface area (Å²) in [4.78, 5) is 15.0. The summed E-state index contributed by atoms with van der Waals surface area (Å²) >= 11 is 0. The normalized spacial score (nSPS) is 24.6. The molecule has 4 nitrogen and oxygen atoms in total. The van der Waals surface area contributed by atoms with Gasteiger partial charge in [-0.05, 0) is 35.3 Å². The molecular weight excluding hydrogens is 338 g/mol. The van der Waals surface area contributed by atoms with Crippen molar-refractivity contribution < 1.29 is 14.3 Å². The van der Waals surface area contributed by atoms with Crippen molar-refractivity contribution in [1.82, 2.24) is 4.90 Å². The molecule has 1 amide bonds. The van der Waals surface area contributed by atoms with E-state index >= 15 is 0 Å². The molecule has 3 aliphatic rings. The molecular formula is C23H21NO3. The van der Waals surface area contributed by atoms with Crippen molar-refractivity contribution in [3.05, 3.63) is 76.4 Å². The molecule has 136 valence electrons. The van der Waals surface area contributed by atoms with Crippen LogP contribution in [-0.4, -0.2) is 25.0 Å². The third-order valence-electron chi connectivity index (χ3n) is 6.22. The number of amides is 1. The fraction of sp³-hybridized carbons (Fsp3) is 0.261. The van der Waals surface area contributed by atoms with Gasteiger partial charge in [0.25, 0.3) is 0 Å². The number of fused-ring (bicyclic) bond motifs is 3. The van der Waals surface area contributed by atoms with E-state index in [0.29, 0.717) is 6.54 Å². The van der Waals surface area contributed by atoms with Gasteiger partial charge in [0.15, 0.2) is 0 Å². The van der Waals surface area contributed by atoms with Crippen molar-refractivity contribution in [3.8, 4) is 11.5 Å². The largest absolute Gasteiger partial charge is 0.497 e. The van der Waals surface area contributed by atoms with Gasteiger partial charge in [0.05, 0.1) is 14.2 Å². The van der Waals surface area contributed by atoms with Crippen LogP contribution < -0.4 is 9.47 Å². The molecule has 2 atom stereocenters. The van der Waals surface area contributed by atoms with Crippen LogP contribution in [0, 0.1) is 0 Å². The Morgan fingerprint density at radius 1 is 1.15 bits per heavy atom. The van der Waals surface area contributed by atoms with Gasteiger partial charge in [0.2, 0.25) is 5.91 Å². The number of methoxy groups -OCH3 is 2. The van der Waals surface area contributed by atoms with Crippen LogP contribution in [0.1, 0.15) is 35.1 Å². The maximum absolute atomic E-state index is 13.0. The summed E-state index contributed by atoms with van der Waals surface area (Å²) in [5, 5.41) is 0. The highest BCUT2D eigenvalue weighted by atomic mass is 16.5. The van der Waals surface area contributed by atoms with Crippen LogP contribution in [0.5, 0.6) is 11.5 Å². The highest BCUT2D eigenvalue weighted by Crippen LogP contribution is 2.59. The van der Waals surface area contributed by atoms with Gasteiger partial charge in [0.1, 0.15) is 17.0 Å². The Morgan fingerprint density at radius 3 is 2.74 bits per heavy atom. The number of nitrogens with zero attached hydrogens (tertiary/aromatic N) is 1. The molecule has 2 aliphatic heterocycles. The van der Waals surface area contributed by atoms with Crippen molar-refractivity contribution in [3.63, 3.8) is 0 Å².